The molecule has 1 aliphatic rings. The summed E-state index contributed by atoms with van der Waals surface area (Å²) in [6.07, 6.45) is 1.59. The molecule has 86 valence electrons. The third kappa shape index (κ3) is 2.61. The molecule has 2 rings (SSSR count). The van der Waals surface area contributed by atoms with Crippen molar-refractivity contribution in [1.82, 2.24) is 5.32 Å². The lowest BCUT2D eigenvalue weighted by Gasteiger charge is -2.03. The second kappa shape index (κ2) is 5.12. The summed E-state index contributed by atoms with van der Waals surface area (Å²) >= 11 is 0. The van der Waals surface area contributed by atoms with Crippen LogP contribution in [0.25, 0.3) is 0 Å². The van der Waals surface area contributed by atoms with Gasteiger partial charge in [0.15, 0.2) is 0 Å². The van der Waals surface area contributed by atoms with Gasteiger partial charge in [-0.3, -0.25) is 4.79 Å². The van der Waals surface area contributed by atoms with Crippen molar-refractivity contribution in [2.75, 3.05) is 13.2 Å². The predicted molar refractivity (Wildman–Crippen MR) is 62.0 cm³/mol. The summed E-state index contributed by atoms with van der Waals surface area (Å²) in [5.41, 5.74) is 1.25. The van der Waals surface area contributed by atoms with Gasteiger partial charge in [-0.05, 0) is 24.3 Å². The highest BCUT2D eigenvalue weighted by Gasteiger charge is 2.43. The minimum Gasteiger partial charge on any atom is -0.396 e. The Bertz CT molecular complexity index is 350. The highest BCUT2D eigenvalue weighted by molar-refractivity contribution is 5.82. The van der Waals surface area contributed by atoms with E-state index in [9.17, 15) is 4.79 Å². The molecule has 0 aliphatic heterocycles. The van der Waals surface area contributed by atoms with E-state index in [1.165, 1.54) is 5.56 Å². The first-order chi connectivity index (χ1) is 7.83. The van der Waals surface area contributed by atoms with Crippen LogP contribution >= 0.6 is 0 Å². The Morgan fingerprint density at radius 1 is 1.38 bits per heavy atom. The smallest absolute Gasteiger partial charge is 0.223 e. The van der Waals surface area contributed by atoms with Gasteiger partial charge in [0.2, 0.25) is 5.91 Å². The maximum Gasteiger partial charge on any atom is 0.223 e. The molecule has 0 heterocycles. The summed E-state index contributed by atoms with van der Waals surface area (Å²) in [5.74, 6) is 0.665. The van der Waals surface area contributed by atoms with Crippen molar-refractivity contribution < 1.29 is 9.90 Å². The Kier molecular flexibility index (Phi) is 3.57. The molecular weight excluding hydrogens is 202 g/mol. The van der Waals surface area contributed by atoms with Crippen LogP contribution in [0.2, 0.25) is 0 Å². The van der Waals surface area contributed by atoms with Gasteiger partial charge in [0.25, 0.3) is 0 Å². The zero-order valence-corrected chi connectivity index (χ0v) is 9.23. The maximum atomic E-state index is 11.7. The fourth-order valence-electron chi connectivity index (χ4n) is 1.98. The van der Waals surface area contributed by atoms with E-state index in [0.29, 0.717) is 18.9 Å². The van der Waals surface area contributed by atoms with Crippen molar-refractivity contribution in [1.29, 1.82) is 0 Å². The van der Waals surface area contributed by atoms with Gasteiger partial charge in [-0.2, -0.15) is 0 Å². The van der Waals surface area contributed by atoms with Crippen LogP contribution in [-0.2, 0) is 4.79 Å². The van der Waals surface area contributed by atoms with Crippen LogP contribution in [0.15, 0.2) is 30.3 Å². The minimum atomic E-state index is 0.127. The molecular formula is C13H17NO2. The number of rotatable bonds is 5. The summed E-state index contributed by atoms with van der Waals surface area (Å²) in [6, 6.07) is 10.2. The van der Waals surface area contributed by atoms with Gasteiger partial charge < -0.3 is 10.4 Å². The average Bonchev–Trinajstić information content (AvgIpc) is 3.10. The van der Waals surface area contributed by atoms with E-state index in [-0.39, 0.29) is 18.4 Å². The number of carbonyl (C=O) groups excluding carboxylic acids is 1. The highest BCUT2D eigenvalue weighted by atomic mass is 16.3. The number of carbonyl (C=O) groups is 1. The largest absolute Gasteiger partial charge is 0.396 e. The Morgan fingerprint density at radius 2 is 2.12 bits per heavy atom. The molecule has 3 nitrogen and oxygen atoms in total. The summed E-state index contributed by atoms with van der Waals surface area (Å²) in [7, 11) is 0. The molecule has 1 fully saturated rings. The first-order valence-electron chi connectivity index (χ1n) is 5.76. The number of nitrogens with one attached hydrogen (secondary N) is 1. The van der Waals surface area contributed by atoms with E-state index in [1.807, 2.05) is 18.2 Å². The molecule has 0 spiro atoms. The summed E-state index contributed by atoms with van der Waals surface area (Å²) in [4.78, 5) is 11.7. The van der Waals surface area contributed by atoms with Crippen molar-refractivity contribution in [2.45, 2.75) is 18.8 Å². The number of aliphatic hydroxyl groups excluding tert-OH is 1. The molecule has 1 saturated carbocycles. The third-order valence-corrected chi connectivity index (χ3v) is 2.99. The summed E-state index contributed by atoms with van der Waals surface area (Å²) in [5, 5.41) is 11.5. The quantitative estimate of drug-likeness (QED) is 0.733. The second-order valence-corrected chi connectivity index (χ2v) is 4.23. The molecule has 3 heteroatoms. The van der Waals surface area contributed by atoms with E-state index in [2.05, 4.69) is 17.4 Å². The molecule has 1 amide bonds. The van der Waals surface area contributed by atoms with Crippen molar-refractivity contribution in [3.05, 3.63) is 35.9 Å². The van der Waals surface area contributed by atoms with E-state index < -0.39 is 0 Å². The lowest BCUT2D eigenvalue weighted by molar-refractivity contribution is -0.122. The zero-order chi connectivity index (χ0) is 11.4. The molecule has 1 aliphatic carbocycles. The summed E-state index contributed by atoms with van der Waals surface area (Å²) < 4.78 is 0. The standard InChI is InChI=1S/C13H17NO2/c15-8-4-7-14-13(16)12-9-11(12)10-5-2-1-3-6-10/h1-3,5-6,11-12,15H,4,7-9H2,(H,14,16). The zero-order valence-electron chi connectivity index (χ0n) is 9.23. The number of hydrogen-bond donors (Lipinski definition) is 2. The molecule has 0 bridgehead atoms. The normalized spacial score (nSPS) is 22.8. The fraction of sp³-hybridized carbons (Fsp3) is 0.462. The highest BCUT2D eigenvalue weighted by Crippen LogP contribution is 2.47. The average molecular weight is 219 g/mol. The van der Waals surface area contributed by atoms with E-state index >= 15 is 0 Å². The molecule has 0 radical (unpaired) electrons. The van der Waals surface area contributed by atoms with Gasteiger partial charge in [0, 0.05) is 19.1 Å². The second-order valence-electron chi connectivity index (χ2n) is 4.23. The third-order valence-electron chi connectivity index (χ3n) is 2.99. The van der Waals surface area contributed by atoms with Crippen LogP contribution in [-0.4, -0.2) is 24.2 Å². The van der Waals surface area contributed by atoms with Gasteiger partial charge in [-0.25, -0.2) is 0 Å². The van der Waals surface area contributed by atoms with Gasteiger partial charge >= 0.3 is 0 Å². The van der Waals surface area contributed by atoms with E-state index in [0.717, 1.165) is 6.42 Å². The number of aliphatic hydroxyl groups is 1. The Labute approximate surface area is 95.5 Å². The van der Waals surface area contributed by atoms with E-state index in [4.69, 9.17) is 5.11 Å². The van der Waals surface area contributed by atoms with Crippen molar-refractivity contribution >= 4 is 5.91 Å². The minimum absolute atomic E-state index is 0.127. The molecule has 16 heavy (non-hydrogen) atoms. The van der Waals surface area contributed by atoms with Gasteiger partial charge in [-0.15, -0.1) is 0 Å². The van der Waals surface area contributed by atoms with Crippen molar-refractivity contribution in [3.8, 4) is 0 Å². The van der Waals surface area contributed by atoms with Crippen molar-refractivity contribution in [2.24, 2.45) is 5.92 Å². The molecule has 1 aromatic rings. The molecule has 2 atom stereocenters. The SMILES string of the molecule is O=C(NCCCO)C1CC1c1ccccc1. The predicted octanol–water partition coefficient (Wildman–Crippen LogP) is 1.29. The molecule has 2 unspecified atom stereocenters. The monoisotopic (exact) mass is 219 g/mol. The molecule has 0 aromatic heterocycles. The van der Waals surface area contributed by atoms with Crippen LogP contribution in [0.3, 0.4) is 0 Å². The fourth-order valence-corrected chi connectivity index (χ4v) is 1.98. The first-order valence-corrected chi connectivity index (χ1v) is 5.76. The topological polar surface area (TPSA) is 49.3 Å². The number of amides is 1. The van der Waals surface area contributed by atoms with Crippen LogP contribution in [0.4, 0.5) is 0 Å². The number of hydrogen-bond acceptors (Lipinski definition) is 2. The Balaban J connectivity index is 1.80. The lowest BCUT2D eigenvalue weighted by atomic mass is 10.1. The van der Waals surface area contributed by atoms with Gasteiger partial charge in [0.1, 0.15) is 0 Å². The maximum absolute atomic E-state index is 11.7. The van der Waals surface area contributed by atoms with Crippen LogP contribution in [0, 0.1) is 5.92 Å². The first kappa shape index (κ1) is 11.1. The van der Waals surface area contributed by atoms with Gasteiger partial charge in [-0.1, -0.05) is 30.3 Å². The molecule has 0 saturated heterocycles. The lowest BCUT2D eigenvalue weighted by Crippen LogP contribution is -2.26. The van der Waals surface area contributed by atoms with Crippen LogP contribution < -0.4 is 5.32 Å². The molecule has 1 aromatic carbocycles. The van der Waals surface area contributed by atoms with Crippen LogP contribution in [0.1, 0.15) is 24.3 Å². The molecule has 2 N–H and O–H groups in total. The Morgan fingerprint density at radius 3 is 2.81 bits per heavy atom. The van der Waals surface area contributed by atoms with Crippen molar-refractivity contribution in [3.63, 3.8) is 0 Å². The van der Waals surface area contributed by atoms with Gasteiger partial charge in [0.05, 0.1) is 0 Å². The van der Waals surface area contributed by atoms with Crippen LogP contribution in [0.5, 0.6) is 0 Å². The Hall–Kier alpha value is -1.35. The summed E-state index contributed by atoms with van der Waals surface area (Å²) in [6.45, 7) is 0.709. The number of benzene rings is 1. The van der Waals surface area contributed by atoms with E-state index in [1.54, 1.807) is 0 Å².